The van der Waals surface area contributed by atoms with E-state index in [1.54, 1.807) is 7.11 Å². The van der Waals surface area contributed by atoms with Gasteiger partial charge in [-0.15, -0.1) is 0 Å². The molecule has 0 amide bonds. The molecule has 3 heterocycles. The lowest BCUT2D eigenvalue weighted by atomic mass is 9.79. The minimum atomic E-state index is -1.21. The largest absolute Gasteiger partial charge is 0.388 e. The Kier molecular flexibility index (Phi) is 25.1. The van der Waals surface area contributed by atoms with Crippen LogP contribution in [0, 0.1) is 5.92 Å². The molecule has 3 aliphatic heterocycles. The zero-order valence-electron chi connectivity index (χ0n) is 51.7. The van der Waals surface area contributed by atoms with Gasteiger partial charge in [0, 0.05) is 13.0 Å². The summed E-state index contributed by atoms with van der Waals surface area (Å²) in [5, 5.41) is 25.9. The van der Waals surface area contributed by atoms with Crippen molar-refractivity contribution in [3.05, 3.63) is 287 Å². The monoisotopic (exact) mass is 1230 g/mol. The van der Waals surface area contributed by atoms with Crippen LogP contribution in [0.2, 0.25) is 0 Å². The number of ether oxygens (including phenoxy) is 12. The van der Waals surface area contributed by atoms with Gasteiger partial charge in [0.25, 0.3) is 0 Å². The minimum Gasteiger partial charge on any atom is -0.388 e. The number of rotatable bonds is 32. The third-order valence-electron chi connectivity index (χ3n) is 17.3. The first-order valence-corrected chi connectivity index (χ1v) is 31.9. The summed E-state index contributed by atoms with van der Waals surface area (Å²) in [5.74, 6) is -0.549. The van der Waals surface area contributed by atoms with Crippen molar-refractivity contribution < 1.29 is 67.1 Å². The van der Waals surface area contributed by atoms with Crippen molar-refractivity contribution in [2.24, 2.45) is 5.92 Å². The average Bonchev–Trinajstić information content (AvgIpc) is 0.866. The SMILES string of the molecule is CO[C@H]1O[C@H](CC[C@@H]2O[C@H](COCc3ccccc3)[C@@H](OCc3ccccc3)[C@H](OCc3ccccc3)[C@H]2O)[C@@H](OCc2ccccc2)[C@H](C[C@@H]2O[C@H](COCc3ccccc3)[C@@H](OCc3ccccc3)[C@H](OCc3ccccc3)[C@H]2O)[C@H]1OCc1ccccc1. The molecule has 91 heavy (non-hydrogen) atoms. The summed E-state index contributed by atoms with van der Waals surface area (Å²) in [6.07, 6.45) is -10.7. The fraction of sp³-hybridized carbons (Fsp3) is 0.377. The van der Waals surface area contributed by atoms with E-state index in [0.29, 0.717) is 26.1 Å². The lowest BCUT2D eigenvalue weighted by Gasteiger charge is -2.50. The van der Waals surface area contributed by atoms with Gasteiger partial charge in [-0.1, -0.05) is 243 Å². The number of benzene rings is 8. The Labute approximate surface area is 535 Å². The van der Waals surface area contributed by atoms with Crippen molar-refractivity contribution in [2.75, 3.05) is 20.3 Å². The van der Waals surface area contributed by atoms with Crippen molar-refractivity contribution in [3.63, 3.8) is 0 Å². The second kappa shape index (κ2) is 34.7. The summed E-state index contributed by atoms with van der Waals surface area (Å²) >= 11 is 0. The van der Waals surface area contributed by atoms with E-state index >= 15 is 0 Å². The molecule has 3 aliphatic rings. The molecule has 8 aromatic carbocycles. The van der Waals surface area contributed by atoms with Gasteiger partial charge in [-0.2, -0.15) is 0 Å². The van der Waals surface area contributed by atoms with Gasteiger partial charge in [0.2, 0.25) is 0 Å². The first kappa shape index (κ1) is 65.7. The van der Waals surface area contributed by atoms with Crippen molar-refractivity contribution in [3.8, 4) is 0 Å². The molecule has 14 nitrogen and oxygen atoms in total. The van der Waals surface area contributed by atoms with E-state index in [-0.39, 0.29) is 59.3 Å². The second-order valence-electron chi connectivity index (χ2n) is 23.7. The molecular weight excluding hydrogens is 1150 g/mol. The maximum Gasteiger partial charge on any atom is 0.184 e. The highest BCUT2D eigenvalue weighted by molar-refractivity contribution is 5.20. The van der Waals surface area contributed by atoms with Crippen LogP contribution in [0.25, 0.3) is 0 Å². The third-order valence-corrected chi connectivity index (χ3v) is 17.3. The summed E-state index contributed by atoms with van der Waals surface area (Å²) in [7, 11) is 1.62. The van der Waals surface area contributed by atoms with E-state index in [9.17, 15) is 10.2 Å². The van der Waals surface area contributed by atoms with E-state index in [1.807, 2.05) is 243 Å². The number of hydrogen-bond acceptors (Lipinski definition) is 14. The molecule has 8 aromatic rings. The molecule has 2 N–H and O–H groups in total. The normalized spacial score (nSPS) is 26.7. The van der Waals surface area contributed by atoms with Crippen molar-refractivity contribution in [1.82, 2.24) is 0 Å². The molecule has 3 saturated heterocycles. The Hall–Kier alpha value is -6.80. The standard InChI is InChI=1S/C77H86O14/c1-80-77-72(84-48-58-32-16-5-17-33-58)63(44-66-70(79)76(88-52-62-40-24-9-25-41-62)74(86-50-60-36-20-7-21-37-60)68(90-66)54-82-46-56-28-12-3-13-29-56)71(83-47-57-30-14-4-15-31-57)65(91-77)43-42-64-69(78)75(87-51-61-38-22-8-23-39-61)73(85-49-59-34-18-6-19-35-59)67(89-64)53-81-45-55-26-10-2-11-27-55/h2-41,63-79H,42-54H2,1H3/t63-,64-,65+,66-,67+,68+,69-,70-,71-,72+,73+,74+,75+,76+,77-/m0/s1. The molecule has 0 spiro atoms. The van der Waals surface area contributed by atoms with Crippen LogP contribution in [-0.4, -0.2) is 116 Å². The van der Waals surface area contributed by atoms with Gasteiger partial charge in [0.1, 0.15) is 54.9 Å². The molecule has 0 bridgehead atoms. The molecular formula is C77H86O14. The van der Waals surface area contributed by atoms with Crippen LogP contribution < -0.4 is 0 Å². The Balaban J connectivity index is 0.924. The van der Waals surface area contributed by atoms with Crippen LogP contribution in [0.1, 0.15) is 63.8 Å². The van der Waals surface area contributed by atoms with Crippen LogP contribution in [0.4, 0.5) is 0 Å². The summed E-state index contributed by atoms with van der Waals surface area (Å²) in [6.45, 7) is 2.39. The maximum absolute atomic E-state index is 13.1. The van der Waals surface area contributed by atoms with E-state index in [2.05, 4.69) is 0 Å². The lowest BCUT2D eigenvalue weighted by Crippen LogP contribution is -2.63. The Morgan fingerprint density at radius 3 is 0.901 bits per heavy atom. The highest BCUT2D eigenvalue weighted by Gasteiger charge is 2.54. The second-order valence-corrected chi connectivity index (χ2v) is 23.7. The molecule has 15 atom stereocenters. The molecule has 3 fully saturated rings. The molecule has 0 unspecified atom stereocenters. The van der Waals surface area contributed by atoms with Crippen LogP contribution >= 0.6 is 0 Å². The van der Waals surface area contributed by atoms with Crippen molar-refractivity contribution in [1.29, 1.82) is 0 Å². The smallest absolute Gasteiger partial charge is 0.184 e. The third kappa shape index (κ3) is 18.9. The number of methoxy groups -OCH3 is 1. The summed E-state index contributed by atoms with van der Waals surface area (Å²) in [4.78, 5) is 0. The summed E-state index contributed by atoms with van der Waals surface area (Å²) in [5.41, 5.74) is 7.77. The summed E-state index contributed by atoms with van der Waals surface area (Å²) in [6, 6.07) is 79.8. The predicted molar refractivity (Wildman–Crippen MR) is 345 cm³/mol. The van der Waals surface area contributed by atoms with Gasteiger partial charge in [-0.05, 0) is 63.8 Å². The Bertz CT molecular complexity index is 3250. The molecule has 478 valence electrons. The summed E-state index contributed by atoms with van der Waals surface area (Å²) < 4.78 is 82.6. The van der Waals surface area contributed by atoms with Crippen LogP contribution in [0.3, 0.4) is 0 Å². The van der Waals surface area contributed by atoms with Gasteiger partial charge in [-0.25, -0.2) is 0 Å². The number of aliphatic hydroxyl groups is 2. The van der Waals surface area contributed by atoms with Gasteiger partial charge in [-0.3, -0.25) is 0 Å². The number of hydrogen-bond donors (Lipinski definition) is 2. The predicted octanol–water partition coefficient (Wildman–Crippen LogP) is 12.3. The lowest BCUT2D eigenvalue weighted by molar-refractivity contribution is -0.312. The van der Waals surface area contributed by atoms with Crippen molar-refractivity contribution in [2.45, 2.75) is 158 Å². The minimum absolute atomic E-state index is 0.137. The van der Waals surface area contributed by atoms with Crippen LogP contribution in [0.15, 0.2) is 243 Å². The number of aliphatic hydroxyl groups excluding tert-OH is 2. The van der Waals surface area contributed by atoms with Gasteiger partial charge >= 0.3 is 0 Å². The Morgan fingerprint density at radius 1 is 0.286 bits per heavy atom. The molecule has 0 saturated carbocycles. The van der Waals surface area contributed by atoms with Crippen molar-refractivity contribution >= 4 is 0 Å². The molecule has 14 heteroatoms. The zero-order chi connectivity index (χ0) is 62.2. The highest BCUT2D eigenvalue weighted by Crippen LogP contribution is 2.41. The first-order chi connectivity index (χ1) is 44.9. The molecule has 0 aromatic heterocycles. The molecule has 0 radical (unpaired) electrons. The fourth-order valence-electron chi connectivity index (χ4n) is 12.5. The molecule has 11 rings (SSSR count). The van der Waals surface area contributed by atoms with E-state index in [0.717, 1.165) is 44.5 Å². The van der Waals surface area contributed by atoms with Gasteiger partial charge < -0.3 is 67.1 Å². The zero-order valence-corrected chi connectivity index (χ0v) is 51.7. The topological polar surface area (TPSA) is 151 Å². The van der Waals surface area contributed by atoms with Crippen LogP contribution in [-0.2, 0) is 110 Å². The average molecular weight is 1240 g/mol. The van der Waals surface area contributed by atoms with Crippen LogP contribution in [0.5, 0.6) is 0 Å². The fourth-order valence-corrected chi connectivity index (χ4v) is 12.5. The molecule has 0 aliphatic carbocycles. The van der Waals surface area contributed by atoms with E-state index < -0.39 is 91.6 Å². The highest BCUT2D eigenvalue weighted by atomic mass is 16.7. The maximum atomic E-state index is 13.1. The van der Waals surface area contributed by atoms with Gasteiger partial charge in [0.05, 0.1) is 90.5 Å². The van der Waals surface area contributed by atoms with Gasteiger partial charge in [0.15, 0.2) is 6.29 Å². The van der Waals surface area contributed by atoms with E-state index in [1.165, 1.54) is 0 Å². The Morgan fingerprint density at radius 2 is 0.560 bits per heavy atom. The quantitative estimate of drug-likeness (QED) is 0.0411. The first-order valence-electron chi connectivity index (χ1n) is 31.9. The van der Waals surface area contributed by atoms with E-state index in [4.69, 9.17) is 56.8 Å².